The highest BCUT2D eigenvalue weighted by Crippen LogP contribution is 2.32. The summed E-state index contributed by atoms with van der Waals surface area (Å²) < 4.78 is 6.24. The number of halogens is 1. The monoisotopic (exact) mass is 496 g/mol. The fourth-order valence-electron chi connectivity index (χ4n) is 2.94. The molecule has 0 saturated heterocycles. The molecule has 9 heteroatoms. The number of thioether (sulfide) groups is 1. The van der Waals surface area contributed by atoms with Gasteiger partial charge in [0.05, 0.1) is 4.47 Å². The van der Waals surface area contributed by atoms with Gasteiger partial charge in [-0.2, -0.15) is 0 Å². The van der Waals surface area contributed by atoms with E-state index in [4.69, 9.17) is 4.42 Å². The van der Waals surface area contributed by atoms with Crippen molar-refractivity contribution in [1.82, 2.24) is 9.97 Å². The number of para-hydroxylation sites is 1. The Labute approximate surface area is 190 Å². The molecule has 0 aliphatic carbocycles. The first kappa shape index (κ1) is 21.1. The third kappa shape index (κ3) is 4.47. The minimum atomic E-state index is -0.486. The molecule has 0 radical (unpaired) electrons. The van der Waals surface area contributed by atoms with E-state index in [1.807, 2.05) is 31.4 Å². The van der Waals surface area contributed by atoms with Crippen LogP contribution < -0.4 is 10.6 Å². The molecule has 4 rings (SSSR count). The Bertz CT molecular complexity index is 1290. The zero-order chi connectivity index (χ0) is 22.0. The van der Waals surface area contributed by atoms with Crippen LogP contribution in [0.15, 0.2) is 68.8 Å². The number of nitrogens with zero attached hydrogens (tertiary/aromatic N) is 2. The molecule has 2 N–H and O–H groups in total. The molecule has 0 spiro atoms. The van der Waals surface area contributed by atoms with Crippen molar-refractivity contribution < 1.29 is 14.0 Å². The number of aryl methyl sites for hydroxylation is 1. The molecule has 2 aromatic heterocycles. The van der Waals surface area contributed by atoms with Crippen LogP contribution in [0.2, 0.25) is 0 Å². The summed E-state index contributed by atoms with van der Waals surface area (Å²) in [5.41, 5.74) is 2.63. The molecule has 7 nitrogen and oxygen atoms in total. The van der Waals surface area contributed by atoms with Crippen LogP contribution in [0.5, 0.6) is 0 Å². The van der Waals surface area contributed by atoms with Gasteiger partial charge < -0.3 is 15.1 Å². The van der Waals surface area contributed by atoms with E-state index >= 15 is 0 Å². The zero-order valence-corrected chi connectivity index (χ0v) is 19.0. The average Bonchev–Trinajstić information content (AvgIpc) is 3.14. The van der Waals surface area contributed by atoms with Crippen molar-refractivity contribution in [3.8, 4) is 0 Å². The Morgan fingerprint density at radius 3 is 2.52 bits per heavy atom. The van der Waals surface area contributed by atoms with E-state index in [0.29, 0.717) is 26.3 Å². The quantitative estimate of drug-likeness (QED) is 0.278. The van der Waals surface area contributed by atoms with Crippen molar-refractivity contribution in [3.05, 3.63) is 76.2 Å². The number of carbonyl (C=O) groups excluding carboxylic acids is 2. The number of amides is 2. The average molecular weight is 497 g/mol. The predicted molar refractivity (Wildman–Crippen MR) is 125 cm³/mol. The lowest BCUT2D eigenvalue weighted by Crippen LogP contribution is -2.19. The van der Waals surface area contributed by atoms with Crippen molar-refractivity contribution in [3.63, 3.8) is 0 Å². The molecule has 4 aromatic rings. The fraction of sp³-hybridized carbons (Fsp3) is 0.0909. The van der Waals surface area contributed by atoms with Gasteiger partial charge in [0.15, 0.2) is 5.16 Å². The molecule has 31 heavy (non-hydrogen) atoms. The van der Waals surface area contributed by atoms with Crippen LogP contribution in [0.3, 0.4) is 0 Å². The standard InChI is InChI=1S/C22H17BrN4O3S/c1-12-7-9-13(10-8-12)25-21(29)19-17(14-5-3-4-6-16(14)30-19)26-20(28)18-15(23)11-24-22(27-18)31-2/h3-11H,1-2H3,(H,25,29)(H,26,28). The van der Waals surface area contributed by atoms with Gasteiger partial charge >= 0.3 is 0 Å². The first-order chi connectivity index (χ1) is 15.0. The lowest BCUT2D eigenvalue weighted by atomic mass is 10.2. The zero-order valence-electron chi connectivity index (χ0n) is 16.6. The number of aromatic nitrogens is 2. The lowest BCUT2D eigenvalue weighted by molar-refractivity contribution is 0.0999. The molecule has 2 heterocycles. The number of benzene rings is 2. The van der Waals surface area contributed by atoms with E-state index in [1.165, 1.54) is 18.0 Å². The molecule has 2 aromatic carbocycles. The summed E-state index contributed by atoms with van der Waals surface area (Å²) in [6.07, 6.45) is 3.34. The van der Waals surface area contributed by atoms with Gasteiger partial charge in [-0.25, -0.2) is 9.97 Å². The first-order valence-electron chi connectivity index (χ1n) is 9.23. The maximum Gasteiger partial charge on any atom is 0.293 e. The Morgan fingerprint density at radius 1 is 1.03 bits per heavy atom. The molecule has 0 atom stereocenters. The second-order valence-electron chi connectivity index (χ2n) is 6.63. The van der Waals surface area contributed by atoms with Gasteiger partial charge in [0, 0.05) is 17.3 Å². The normalized spacial score (nSPS) is 10.8. The van der Waals surface area contributed by atoms with E-state index in [2.05, 4.69) is 36.5 Å². The van der Waals surface area contributed by atoms with Crippen LogP contribution >= 0.6 is 27.7 Å². The molecule has 0 saturated carbocycles. The Kier molecular flexibility index (Phi) is 6.06. The van der Waals surface area contributed by atoms with Crippen molar-refractivity contribution in [2.45, 2.75) is 12.1 Å². The van der Waals surface area contributed by atoms with Gasteiger partial charge in [-0.1, -0.05) is 41.6 Å². The topological polar surface area (TPSA) is 97.1 Å². The van der Waals surface area contributed by atoms with Crippen LogP contribution in [0.1, 0.15) is 26.6 Å². The van der Waals surface area contributed by atoms with Crippen LogP contribution in [0.4, 0.5) is 11.4 Å². The summed E-state index contributed by atoms with van der Waals surface area (Å²) in [5, 5.41) is 6.67. The van der Waals surface area contributed by atoms with Gasteiger partial charge in [-0.05, 0) is 53.4 Å². The van der Waals surface area contributed by atoms with E-state index in [-0.39, 0.29) is 17.1 Å². The molecule has 0 bridgehead atoms. The number of fused-ring (bicyclic) bond motifs is 1. The Balaban J connectivity index is 1.70. The van der Waals surface area contributed by atoms with E-state index < -0.39 is 11.8 Å². The van der Waals surface area contributed by atoms with Crippen molar-refractivity contribution >= 4 is 61.9 Å². The third-order valence-electron chi connectivity index (χ3n) is 4.47. The predicted octanol–water partition coefficient (Wildman–Crippen LogP) is 5.52. The summed E-state index contributed by atoms with van der Waals surface area (Å²) >= 11 is 4.64. The Morgan fingerprint density at radius 2 is 1.77 bits per heavy atom. The van der Waals surface area contributed by atoms with Gasteiger partial charge in [0.1, 0.15) is 17.0 Å². The van der Waals surface area contributed by atoms with Crippen LogP contribution in [-0.2, 0) is 0 Å². The summed E-state index contributed by atoms with van der Waals surface area (Å²) in [7, 11) is 0. The van der Waals surface area contributed by atoms with Crippen molar-refractivity contribution in [2.75, 3.05) is 16.9 Å². The summed E-state index contributed by atoms with van der Waals surface area (Å²) in [6.45, 7) is 1.96. The maximum atomic E-state index is 13.0. The fourth-order valence-corrected chi connectivity index (χ4v) is 3.65. The Hall–Kier alpha value is -3.17. The molecule has 0 fully saturated rings. The van der Waals surface area contributed by atoms with E-state index in [9.17, 15) is 9.59 Å². The number of hydrogen-bond donors (Lipinski definition) is 2. The highest BCUT2D eigenvalue weighted by molar-refractivity contribution is 9.10. The smallest absolute Gasteiger partial charge is 0.293 e. The summed E-state index contributed by atoms with van der Waals surface area (Å²) in [6, 6.07) is 14.5. The van der Waals surface area contributed by atoms with Crippen molar-refractivity contribution in [2.24, 2.45) is 0 Å². The van der Waals surface area contributed by atoms with Gasteiger partial charge in [0.25, 0.3) is 11.8 Å². The van der Waals surface area contributed by atoms with Gasteiger partial charge in [-0.15, -0.1) is 0 Å². The molecule has 0 aliphatic rings. The number of furan rings is 1. The minimum absolute atomic E-state index is 0.00499. The van der Waals surface area contributed by atoms with Crippen LogP contribution in [0.25, 0.3) is 11.0 Å². The second kappa shape index (κ2) is 8.91. The highest BCUT2D eigenvalue weighted by atomic mass is 79.9. The van der Waals surface area contributed by atoms with E-state index in [1.54, 1.807) is 30.3 Å². The largest absolute Gasteiger partial charge is 0.449 e. The maximum absolute atomic E-state index is 13.0. The van der Waals surface area contributed by atoms with Crippen molar-refractivity contribution in [1.29, 1.82) is 0 Å². The van der Waals surface area contributed by atoms with Gasteiger partial charge in [0.2, 0.25) is 5.76 Å². The second-order valence-corrected chi connectivity index (χ2v) is 8.26. The third-order valence-corrected chi connectivity index (χ3v) is 5.61. The molecular weight excluding hydrogens is 480 g/mol. The number of hydrogen-bond acceptors (Lipinski definition) is 6. The van der Waals surface area contributed by atoms with E-state index in [0.717, 1.165) is 5.56 Å². The summed E-state index contributed by atoms with van der Waals surface area (Å²) in [5.74, 6) is -0.951. The number of rotatable bonds is 5. The molecule has 0 aliphatic heterocycles. The highest BCUT2D eigenvalue weighted by Gasteiger charge is 2.24. The lowest BCUT2D eigenvalue weighted by Gasteiger charge is -2.08. The molecule has 156 valence electrons. The molecule has 2 amide bonds. The SMILES string of the molecule is CSc1ncc(Br)c(C(=O)Nc2c(C(=O)Nc3ccc(C)cc3)oc3ccccc23)n1. The van der Waals surface area contributed by atoms with Crippen LogP contribution in [0, 0.1) is 6.92 Å². The first-order valence-corrected chi connectivity index (χ1v) is 11.3. The summed E-state index contributed by atoms with van der Waals surface area (Å²) in [4.78, 5) is 34.4. The van der Waals surface area contributed by atoms with Gasteiger partial charge in [-0.3, -0.25) is 9.59 Å². The molecule has 0 unspecified atom stereocenters. The number of carbonyl (C=O) groups is 2. The minimum Gasteiger partial charge on any atom is -0.449 e. The number of anilines is 2. The number of nitrogens with one attached hydrogen (secondary N) is 2. The van der Waals surface area contributed by atoms with Crippen LogP contribution in [-0.4, -0.2) is 28.0 Å². The molecular formula is C22H17BrN4O3S.